The van der Waals surface area contributed by atoms with Crippen molar-refractivity contribution in [3.63, 3.8) is 0 Å². The minimum Gasteiger partial charge on any atom is -0.467 e. The number of ether oxygens (including phenoxy) is 1. The topological polar surface area (TPSA) is 90.2 Å². The highest BCUT2D eigenvalue weighted by Crippen LogP contribution is 2.33. The molecule has 0 saturated heterocycles. The average Bonchev–Trinajstić information content (AvgIpc) is 2.43. The Morgan fingerprint density at radius 2 is 1.90 bits per heavy atom. The van der Waals surface area contributed by atoms with E-state index in [9.17, 15) is 10.1 Å². The molecule has 7 heteroatoms. The van der Waals surface area contributed by atoms with Crippen LogP contribution in [0.4, 0.5) is 11.5 Å². The lowest BCUT2D eigenvalue weighted by Gasteiger charge is -2.17. The molecule has 0 aliphatic carbocycles. The van der Waals surface area contributed by atoms with E-state index >= 15 is 0 Å². The van der Waals surface area contributed by atoms with Crippen molar-refractivity contribution in [3.8, 4) is 6.01 Å². The number of nitrogens with zero attached hydrogens (tertiary/aromatic N) is 3. The molecule has 0 unspecified atom stereocenters. The lowest BCUT2D eigenvalue weighted by molar-refractivity contribution is -0.385. The Bertz CT molecular complexity index is 473. The Morgan fingerprint density at radius 1 is 1.30 bits per heavy atom. The molecule has 0 saturated carbocycles. The number of hydrogen-bond acceptors (Lipinski definition) is 6. The summed E-state index contributed by atoms with van der Waals surface area (Å²) >= 11 is 0. The quantitative estimate of drug-likeness (QED) is 0.610. The van der Waals surface area contributed by atoms with Crippen molar-refractivity contribution in [2.24, 2.45) is 0 Å². The third kappa shape index (κ3) is 3.55. The second-order valence-corrected chi connectivity index (χ2v) is 4.86. The predicted octanol–water partition coefficient (Wildman–Crippen LogP) is 3.12. The van der Waals surface area contributed by atoms with Crippen molar-refractivity contribution in [2.45, 2.75) is 52.5 Å². The molecule has 0 fully saturated rings. The summed E-state index contributed by atoms with van der Waals surface area (Å²) in [6, 6.07) is 0.279. The van der Waals surface area contributed by atoms with Crippen LogP contribution >= 0.6 is 0 Å². The number of nitrogens with one attached hydrogen (secondary N) is 1. The minimum absolute atomic E-state index is 0.0623. The summed E-state index contributed by atoms with van der Waals surface area (Å²) in [5.74, 6) is 0.147. The van der Waals surface area contributed by atoms with Crippen LogP contribution in [0.5, 0.6) is 6.01 Å². The van der Waals surface area contributed by atoms with Gasteiger partial charge in [-0.05, 0) is 12.8 Å². The zero-order valence-corrected chi connectivity index (χ0v) is 12.6. The Kier molecular flexibility index (Phi) is 5.66. The van der Waals surface area contributed by atoms with E-state index in [2.05, 4.69) is 15.3 Å². The van der Waals surface area contributed by atoms with Crippen molar-refractivity contribution in [1.82, 2.24) is 9.97 Å². The van der Waals surface area contributed by atoms with E-state index in [4.69, 9.17) is 4.74 Å². The maximum absolute atomic E-state index is 11.3. The highest BCUT2D eigenvalue weighted by Gasteiger charge is 2.27. The molecule has 7 nitrogen and oxygen atoms in total. The Morgan fingerprint density at radius 3 is 2.30 bits per heavy atom. The molecule has 0 amide bonds. The number of methoxy groups -OCH3 is 1. The zero-order chi connectivity index (χ0) is 15.3. The SMILES string of the molecule is CCC(CC)Nc1nc(OC)nc(C(C)C)c1[N+](=O)[O-]. The molecule has 112 valence electrons. The van der Waals surface area contributed by atoms with Crippen molar-refractivity contribution < 1.29 is 9.66 Å². The molecule has 0 bridgehead atoms. The normalized spacial score (nSPS) is 10.9. The lowest BCUT2D eigenvalue weighted by Crippen LogP contribution is -2.20. The molecule has 1 aromatic rings. The predicted molar refractivity (Wildman–Crippen MR) is 77.3 cm³/mol. The number of aromatic nitrogens is 2. The monoisotopic (exact) mass is 282 g/mol. The molecule has 0 aliphatic rings. The smallest absolute Gasteiger partial charge is 0.333 e. The molecular formula is C13H22N4O3. The molecule has 0 atom stereocenters. The van der Waals surface area contributed by atoms with Crippen molar-refractivity contribution >= 4 is 11.5 Å². The van der Waals surface area contributed by atoms with Gasteiger partial charge in [0.1, 0.15) is 5.69 Å². The van der Waals surface area contributed by atoms with Gasteiger partial charge in [-0.15, -0.1) is 0 Å². The molecule has 1 aromatic heterocycles. The zero-order valence-electron chi connectivity index (χ0n) is 12.6. The van der Waals surface area contributed by atoms with E-state index in [-0.39, 0.29) is 29.5 Å². The highest BCUT2D eigenvalue weighted by atomic mass is 16.6. The first-order chi connectivity index (χ1) is 9.44. The third-order valence-corrected chi connectivity index (χ3v) is 3.13. The molecule has 1 heterocycles. The molecule has 0 radical (unpaired) electrons. The van der Waals surface area contributed by atoms with E-state index in [1.807, 2.05) is 27.7 Å². The molecule has 1 rings (SSSR count). The van der Waals surface area contributed by atoms with Crippen LogP contribution in [-0.2, 0) is 0 Å². The maximum atomic E-state index is 11.3. The lowest BCUT2D eigenvalue weighted by atomic mass is 10.1. The van der Waals surface area contributed by atoms with E-state index in [0.29, 0.717) is 5.69 Å². The first kappa shape index (κ1) is 16.1. The molecular weight excluding hydrogens is 260 g/mol. The van der Waals surface area contributed by atoms with Gasteiger partial charge in [0.2, 0.25) is 5.82 Å². The number of nitro groups is 1. The van der Waals surface area contributed by atoms with Crippen LogP contribution < -0.4 is 10.1 Å². The second kappa shape index (κ2) is 7.02. The first-order valence-corrected chi connectivity index (χ1v) is 6.81. The molecule has 0 aromatic carbocycles. The molecule has 0 spiro atoms. The Hall–Kier alpha value is -1.92. The van der Waals surface area contributed by atoms with Crippen LogP contribution in [0.25, 0.3) is 0 Å². The fourth-order valence-electron chi connectivity index (χ4n) is 1.91. The standard InChI is InChI=1S/C13H22N4O3/c1-6-9(7-2)14-12-11(17(18)19)10(8(3)4)15-13(16-12)20-5/h8-9H,6-7H2,1-5H3,(H,14,15,16). The Balaban J connectivity index is 3.37. The maximum Gasteiger partial charge on any atom is 0.333 e. The summed E-state index contributed by atoms with van der Waals surface area (Å²) in [6.45, 7) is 7.76. The molecule has 1 N–H and O–H groups in total. The summed E-state index contributed by atoms with van der Waals surface area (Å²) in [5.41, 5.74) is 0.322. The van der Waals surface area contributed by atoms with E-state index < -0.39 is 4.92 Å². The number of anilines is 1. The van der Waals surface area contributed by atoms with Crippen molar-refractivity contribution in [3.05, 3.63) is 15.8 Å². The first-order valence-electron chi connectivity index (χ1n) is 6.81. The summed E-state index contributed by atoms with van der Waals surface area (Å²) in [6.07, 6.45) is 1.72. The van der Waals surface area contributed by atoms with Crippen LogP contribution in [0.2, 0.25) is 0 Å². The number of hydrogen-bond donors (Lipinski definition) is 1. The fraction of sp³-hybridized carbons (Fsp3) is 0.692. The Labute approximate surface area is 118 Å². The fourth-order valence-corrected chi connectivity index (χ4v) is 1.91. The van der Waals surface area contributed by atoms with Crippen molar-refractivity contribution in [1.29, 1.82) is 0 Å². The van der Waals surface area contributed by atoms with E-state index in [1.165, 1.54) is 7.11 Å². The van der Waals surface area contributed by atoms with Gasteiger partial charge in [0.25, 0.3) is 0 Å². The van der Waals surface area contributed by atoms with E-state index in [1.54, 1.807) is 0 Å². The third-order valence-electron chi connectivity index (χ3n) is 3.13. The number of rotatable bonds is 7. The van der Waals surface area contributed by atoms with Gasteiger partial charge in [0.05, 0.1) is 12.0 Å². The van der Waals surface area contributed by atoms with Crippen LogP contribution in [0.3, 0.4) is 0 Å². The van der Waals surface area contributed by atoms with Gasteiger partial charge in [-0.3, -0.25) is 10.1 Å². The summed E-state index contributed by atoms with van der Waals surface area (Å²) < 4.78 is 5.04. The van der Waals surface area contributed by atoms with Crippen LogP contribution in [-0.4, -0.2) is 28.0 Å². The van der Waals surface area contributed by atoms with Gasteiger partial charge >= 0.3 is 11.7 Å². The van der Waals surface area contributed by atoms with Gasteiger partial charge in [0.15, 0.2) is 0 Å². The van der Waals surface area contributed by atoms with Gasteiger partial charge in [0, 0.05) is 12.0 Å². The molecule has 0 aliphatic heterocycles. The largest absolute Gasteiger partial charge is 0.467 e. The van der Waals surface area contributed by atoms with Gasteiger partial charge < -0.3 is 10.1 Å². The van der Waals surface area contributed by atoms with Gasteiger partial charge in [-0.1, -0.05) is 27.7 Å². The van der Waals surface area contributed by atoms with Crippen LogP contribution in [0.15, 0.2) is 0 Å². The van der Waals surface area contributed by atoms with Gasteiger partial charge in [-0.25, -0.2) is 0 Å². The van der Waals surface area contributed by atoms with E-state index in [0.717, 1.165) is 12.8 Å². The minimum atomic E-state index is -0.431. The van der Waals surface area contributed by atoms with Crippen molar-refractivity contribution in [2.75, 3.05) is 12.4 Å². The second-order valence-electron chi connectivity index (χ2n) is 4.86. The molecule has 20 heavy (non-hydrogen) atoms. The average molecular weight is 282 g/mol. The van der Waals surface area contributed by atoms with Gasteiger partial charge in [-0.2, -0.15) is 9.97 Å². The summed E-state index contributed by atoms with van der Waals surface area (Å²) in [4.78, 5) is 19.1. The van der Waals surface area contributed by atoms with Crippen LogP contribution in [0, 0.1) is 10.1 Å². The summed E-state index contributed by atoms with van der Waals surface area (Å²) in [5, 5.41) is 14.5. The van der Waals surface area contributed by atoms with Crippen LogP contribution in [0.1, 0.15) is 52.1 Å². The summed E-state index contributed by atoms with van der Waals surface area (Å²) in [7, 11) is 1.45. The highest BCUT2D eigenvalue weighted by molar-refractivity contribution is 5.60.